The van der Waals surface area contributed by atoms with Gasteiger partial charge >= 0.3 is 0 Å². The van der Waals surface area contributed by atoms with E-state index in [1.165, 1.54) is 25.0 Å². The molecule has 0 heterocycles. The lowest BCUT2D eigenvalue weighted by Crippen LogP contribution is -2.16. The first-order valence-corrected chi connectivity index (χ1v) is 5.55. The average Bonchev–Trinajstić information content (AvgIpc) is 3.09. The van der Waals surface area contributed by atoms with Gasteiger partial charge in [0, 0.05) is 18.2 Å². The van der Waals surface area contributed by atoms with Gasteiger partial charge in [-0.3, -0.25) is 0 Å². The molecule has 86 valence electrons. The maximum atomic E-state index is 13.1. The van der Waals surface area contributed by atoms with Crippen molar-refractivity contribution in [3.63, 3.8) is 0 Å². The summed E-state index contributed by atoms with van der Waals surface area (Å²) in [6.45, 7) is 4.70. The van der Waals surface area contributed by atoms with Crippen molar-refractivity contribution in [1.82, 2.24) is 5.32 Å². The molecule has 0 saturated heterocycles. The molecule has 1 aliphatic carbocycles. The Hall–Kier alpha value is -1.35. The first kappa shape index (κ1) is 11.1. The van der Waals surface area contributed by atoms with Crippen LogP contribution in [-0.2, 0) is 6.54 Å². The van der Waals surface area contributed by atoms with Gasteiger partial charge in [-0.2, -0.15) is 0 Å². The normalized spacial score (nSPS) is 14.8. The molecule has 0 unspecified atom stereocenters. The summed E-state index contributed by atoms with van der Waals surface area (Å²) >= 11 is 0. The fourth-order valence-corrected chi connectivity index (χ4v) is 1.52. The zero-order valence-corrected chi connectivity index (χ0v) is 9.21. The maximum absolute atomic E-state index is 13.1. The van der Waals surface area contributed by atoms with Crippen LogP contribution in [0.3, 0.4) is 0 Å². The Bertz CT molecular complexity index is 374. The third-order valence-corrected chi connectivity index (χ3v) is 2.54. The maximum Gasteiger partial charge on any atom is 0.124 e. The van der Waals surface area contributed by atoms with E-state index >= 15 is 0 Å². The summed E-state index contributed by atoms with van der Waals surface area (Å²) in [4.78, 5) is 0. The zero-order valence-electron chi connectivity index (χ0n) is 9.21. The standard InChI is InChI=1S/C13H16FNO/c1-2-7-16-13-6-3-11(14)8-10(13)9-15-12-4-5-12/h2-3,6,8,12,15H,1,4-5,7,9H2. The molecule has 2 rings (SSSR count). The summed E-state index contributed by atoms with van der Waals surface area (Å²) in [6, 6.07) is 5.21. The van der Waals surface area contributed by atoms with Gasteiger partial charge in [-0.15, -0.1) is 0 Å². The summed E-state index contributed by atoms with van der Waals surface area (Å²) in [5.74, 6) is 0.507. The van der Waals surface area contributed by atoms with Gasteiger partial charge in [0.05, 0.1) is 0 Å². The lowest BCUT2D eigenvalue weighted by atomic mass is 10.2. The highest BCUT2D eigenvalue weighted by Gasteiger charge is 2.20. The van der Waals surface area contributed by atoms with Gasteiger partial charge in [-0.05, 0) is 31.0 Å². The molecule has 0 aromatic heterocycles. The Morgan fingerprint density at radius 2 is 2.31 bits per heavy atom. The first-order chi connectivity index (χ1) is 7.79. The fourth-order valence-electron chi connectivity index (χ4n) is 1.52. The molecule has 1 aliphatic rings. The van der Waals surface area contributed by atoms with Crippen LogP contribution in [0.1, 0.15) is 18.4 Å². The van der Waals surface area contributed by atoms with E-state index in [1.807, 2.05) is 0 Å². The predicted molar refractivity (Wildman–Crippen MR) is 62.0 cm³/mol. The number of benzene rings is 1. The molecule has 1 N–H and O–H groups in total. The molecule has 0 atom stereocenters. The lowest BCUT2D eigenvalue weighted by molar-refractivity contribution is 0.357. The molecule has 0 bridgehead atoms. The molecule has 16 heavy (non-hydrogen) atoms. The molecule has 1 saturated carbocycles. The first-order valence-electron chi connectivity index (χ1n) is 5.55. The monoisotopic (exact) mass is 221 g/mol. The van der Waals surface area contributed by atoms with Crippen LogP contribution < -0.4 is 10.1 Å². The van der Waals surface area contributed by atoms with Crippen LogP contribution in [0, 0.1) is 5.82 Å². The number of halogens is 1. The minimum atomic E-state index is -0.224. The molecule has 0 amide bonds. The summed E-state index contributed by atoms with van der Waals surface area (Å²) in [7, 11) is 0. The average molecular weight is 221 g/mol. The van der Waals surface area contributed by atoms with Crippen molar-refractivity contribution in [2.75, 3.05) is 6.61 Å². The molecular weight excluding hydrogens is 205 g/mol. The Morgan fingerprint density at radius 3 is 3.00 bits per heavy atom. The van der Waals surface area contributed by atoms with Crippen LogP contribution >= 0.6 is 0 Å². The fraction of sp³-hybridized carbons (Fsp3) is 0.385. The summed E-state index contributed by atoms with van der Waals surface area (Å²) in [5.41, 5.74) is 0.869. The number of nitrogens with one attached hydrogen (secondary N) is 1. The van der Waals surface area contributed by atoms with E-state index in [0.717, 1.165) is 11.3 Å². The molecule has 0 radical (unpaired) electrons. The highest BCUT2D eigenvalue weighted by atomic mass is 19.1. The summed E-state index contributed by atoms with van der Waals surface area (Å²) < 4.78 is 18.6. The van der Waals surface area contributed by atoms with E-state index in [-0.39, 0.29) is 5.82 Å². The second kappa shape index (κ2) is 5.12. The summed E-state index contributed by atoms with van der Waals surface area (Å²) in [5, 5.41) is 3.34. The highest BCUT2D eigenvalue weighted by Crippen LogP contribution is 2.23. The van der Waals surface area contributed by atoms with Gasteiger partial charge in [0.15, 0.2) is 0 Å². The quantitative estimate of drug-likeness (QED) is 0.746. The number of hydrogen-bond acceptors (Lipinski definition) is 2. The van der Waals surface area contributed by atoms with Gasteiger partial charge in [0.1, 0.15) is 18.2 Å². The van der Waals surface area contributed by atoms with Crippen molar-refractivity contribution in [2.45, 2.75) is 25.4 Å². The van der Waals surface area contributed by atoms with E-state index in [9.17, 15) is 4.39 Å². The number of rotatable bonds is 6. The van der Waals surface area contributed by atoms with E-state index in [4.69, 9.17) is 4.74 Å². The molecule has 0 spiro atoms. The van der Waals surface area contributed by atoms with Crippen LogP contribution in [0.25, 0.3) is 0 Å². The van der Waals surface area contributed by atoms with Crippen LogP contribution in [0.15, 0.2) is 30.9 Å². The van der Waals surface area contributed by atoms with Crippen molar-refractivity contribution in [3.8, 4) is 5.75 Å². The second-order valence-corrected chi connectivity index (χ2v) is 4.01. The molecule has 1 aromatic carbocycles. The van der Waals surface area contributed by atoms with Crippen molar-refractivity contribution in [1.29, 1.82) is 0 Å². The van der Waals surface area contributed by atoms with E-state index < -0.39 is 0 Å². The Kier molecular flexibility index (Phi) is 3.57. The van der Waals surface area contributed by atoms with Crippen molar-refractivity contribution in [2.24, 2.45) is 0 Å². The molecule has 1 fully saturated rings. The van der Waals surface area contributed by atoms with Crippen molar-refractivity contribution in [3.05, 3.63) is 42.2 Å². The minimum absolute atomic E-state index is 0.224. The third-order valence-electron chi connectivity index (χ3n) is 2.54. The van der Waals surface area contributed by atoms with Crippen molar-refractivity contribution >= 4 is 0 Å². The molecule has 1 aromatic rings. The van der Waals surface area contributed by atoms with Gasteiger partial charge < -0.3 is 10.1 Å². The lowest BCUT2D eigenvalue weighted by Gasteiger charge is -2.10. The molecular formula is C13H16FNO. The van der Waals surface area contributed by atoms with Gasteiger partial charge in [-0.1, -0.05) is 12.7 Å². The van der Waals surface area contributed by atoms with E-state index in [2.05, 4.69) is 11.9 Å². The number of hydrogen-bond donors (Lipinski definition) is 1. The van der Waals surface area contributed by atoms with Crippen LogP contribution in [-0.4, -0.2) is 12.6 Å². The van der Waals surface area contributed by atoms with Crippen molar-refractivity contribution < 1.29 is 9.13 Å². The van der Waals surface area contributed by atoms with Crippen LogP contribution in [0.2, 0.25) is 0 Å². The van der Waals surface area contributed by atoms with Crippen LogP contribution in [0.4, 0.5) is 4.39 Å². The van der Waals surface area contributed by atoms with Crippen LogP contribution in [0.5, 0.6) is 5.75 Å². The van der Waals surface area contributed by atoms with Gasteiger partial charge in [0.2, 0.25) is 0 Å². The van der Waals surface area contributed by atoms with E-state index in [0.29, 0.717) is 19.2 Å². The molecule has 2 nitrogen and oxygen atoms in total. The smallest absolute Gasteiger partial charge is 0.124 e. The minimum Gasteiger partial charge on any atom is -0.489 e. The topological polar surface area (TPSA) is 21.3 Å². The zero-order chi connectivity index (χ0) is 11.4. The second-order valence-electron chi connectivity index (χ2n) is 4.01. The summed E-state index contributed by atoms with van der Waals surface area (Å²) in [6.07, 6.45) is 4.12. The molecule has 0 aliphatic heterocycles. The molecule has 3 heteroatoms. The Labute approximate surface area is 95.1 Å². The van der Waals surface area contributed by atoms with Gasteiger partial charge in [0.25, 0.3) is 0 Å². The number of ether oxygens (including phenoxy) is 1. The Morgan fingerprint density at radius 1 is 1.50 bits per heavy atom. The largest absolute Gasteiger partial charge is 0.489 e. The highest BCUT2D eigenvalue weighted by molar-refractivity contribution is 5.34. The predicted octanol–water partition coefficient (Wildman–Crippen LogP) is 2.64. The third kappa shape index (κ3) is 3.07. The SMILES string of the molecule is C=CCOc1ccc(F)cc1CNC1CC1. The van der Waals surface area contributed by atoms with E-state index in [1.54, 1.807) is 12.1 Å². The van der Waals surface area contributed by atoms with Gasteiger partial charge in [-0.25, -0.2) is 4.39 Å². The Balaban J connectivity index is 2.03.